The summed E-state index contributed by atoms with van der Waals surface area (Å²) < 4.78 is 28.0. The minimum Gasteiger partial charge on any atom is -0.380 e. The molecule has 0 atom stereocenters. The van der Waals surface area contributed by atoms with Gasteiger partial charge in [-0.2, -0.15) is 0 Å². The summed E-state index contributed by atoms with van der Waals surface area (Å²) in [6, 6.07) is 0. The van der Waals surface area contributed by atoms with Gasteiger partial charge in [0.2, 0.25) is 0 Å². The third-order valence-corrected chi connectivity index (χ3v) is 3.45. The highest BCUT2D eigenvalue weighted by molar-refractivity contribution is 7.91. The van der Waals surface area contributed by atoms with Gasteiger partial charge in [-0.1, -0.05) is 6.92 Å². The first-order valence-electron chi connectivity index (χ1n) is 4.84. The van der Waals surface area contributed by atoms with Gasteiger partial charge in [-0.15, -0.1) is 0 Å². The van der Waals surface area contributed by atoms with Crippen LogP contribution in [0, 0.1) is 0 Å². The van der Waals surface area contributed by atoms with Crippen molar-refractivity contribution in [2.45, 2.75) is 32.7 Å². The lowest BCUT2D eigenvalue weighted by Gasteiger charge is -2.17. The third kappa shape index (κ3) is 8.47. The minimum atomic E-state index is -3.07. The maximum absolute atomic E-state index is 11.4. The van der Waals surface area contributed by atoms with Crippen LogP contribution in [0.15, 0.2) is 0 Å². The van der Waals surface area contributed by atoms with Gasteiger partial charge >= 0.3 is 0 Å². The van der Waals surface area contributed by atoms with Gasteiger partial charge in [-0.05, 0) is 20.3 Å². The van der Waals surface area contributed by atoms with Gasteiger partial charge in [0.1, 0.15) is 0 Å². The van der Waals surface area contributed by atoms with E-state index in [2.05, 4.69) is 0 Å². The Hall–Kier alpha value is -0.130. The highest BCUT2D eigenvalue weighted by atomic mass is 32.2. The number of rotatable bonds is 7. The van der Waals surface area contributed by atoms with Crippen LogP contribution in [0.1, 0.15) is 27.2 Å². The van der Waals surface area contributed by atoms with Gasteiger partial charge < -0.3 is 10.5 Å². The number of nitrogens with two attached hydrogens (primary N) is 1. The van der Waals surface area contributed by atoms with Gasteiger partial charge in [0, 0.05) is 12.1 Å². The molecule has 0 bridgehead atoms. The van der Waals surface area contributed by atoms with Crippen LogP contribution in [0.2, 0.25) is 0 Å². The highest BCUT2D eigenvalue weighted by Crippen LogP contribution is 2.03. The lowest BCUT2D eigenvalue weighted by Crippen LogP contribution is -2.41. The van der Waals surface area contributed by atoms with Crippen LogP contribution in [0.25, 0.3) is 0 Å². The zero-order valence-electron chi connectivity index (χ0n) is 9.25. The molecule has 14 heavy (non-hydrogen) atoms. The molecule has 0 aliphatic rings. The van der Waals surface area contributed by atoms with Gasteiger partial charge in [-0.3, -0.25) is 0 Å². The molecule has 0 aliphatic heterocycles. The molecule has 0 unspecified atom stereocenters. The first-order valence-corrected chi connectivity index (χ1v) is 6.66. The van der Waals surface area contributed by atoms with Gasteiger partial charge in [0.25, 0.3) is 0 Å². The Bertz CT molecular complexity index is 241. The molecular weight excluding hydrogens is 202 g/mol. The van der Waals surface area contributed by atoms with E-state index in [1.807, 2.05) is 6.92 Å². The van der Waals surface area contributed by atoms with Crippen molar-refractivity contribution in [3.05, 3.63) is 0 Å². The summed E-state index contributed by atoms with van der Waals surface area (Å²) in [5.74, 6) is 0.0725. The van der Waals surface area contributed by atoms with Crippen molar-refractivity contribution in [2.75, 3.05) is 24.7 Å². The van der Waals surface area contributed by atoms with E-state index < -0.39 is 15.4 Å². The van der Waals surface area contributed by atoms with E-state index in [0.717, 1.165) is 6.42 Å². The Morgan fingerprint density at radius 2 is 1.86 bits per heavy atom. The molecule has 86 valence electrons. The Morgan fingerprint density at radius 3 is 2.29 bits per heavy atom. The van der Waals surface area contributed by atoms with Crippen molar-refractivity contribution in [1.29, 1.82) is 0 Å². The highest BCUT2D eigenvalue weighted by Gasteiger charge is 2.21. The summed E-state index contributed by atoms with van der Waals surface area (Å²) in [5, 5.41) is 0. The summed E-state index contributed by atoms with van der Waals surface area (Å²) in [6.45, 7) is 6.28. The molecule has 0 rings (SSSR count). The van der Waals surface area contributed by atoms with E-state index in [9.17, 15) is 8.42 Å². The minimum absolute atomic E-state index is 0.00941. The average Bonchev–Trinajstić information content (AvgIpc) is 1.93. The lowest BCUT2D eigenvalue weighted by atomic mass is 10.1. The third-order valence-electron chi connectivity index (χ3n) is 1.48. The van der Waals surface area contributed by atoms with E-state index in [-0.39, 0.29) is 18.1 Å². The fourth-order valence-corrected chi connectivity index (χ4v) is 2.72. The summed E-state index contributed by atoms with van der Waals surface area (Å²) in [7, 11) is -3.07. The molecule has 0 aliphatic carbocycles. The second-order valence-corrected chi connectivity index (χ2v) is 6.38. The van der Waals surface area contributed by atoms with Gasteiger partial charge in [0.15, 0.2) is 9.84 Å². The summed E-state index contributed by atoms with van der Waals surface area (Å²) in [6.07, 6.45) is 0.905. The van der Waals surface area contributed by atoms with Crippen molar-refractivity contribution in [1.82, 2.24) is 0 Å². The smallest absolute Gasteiger partial charge is 0.154 e. The molecule has 0 saturated heterocycles. The van der Waals surface area contributed by atoms with E-state index in [1.165, 1.54) is 0 Å². The Morgan fingerprint density at radius 1 is 1.29 bits per heavy atom. The molecule has 0 aromatic heterocycles. The first kappa shape index (κ1) is 13.9. The molecule has 0 radical (unpaired) electrons. The van der Waals surface area contributed by atoms with Crippen LogP contribution in [0.4, 0.5) is 0 Å². The number of hydrogen-bond acceptors (Lipinski definition) is 4. The van der Waals surface area contributed by atoms with E-state index in [1.54, 1.807) is 13.8 Å². The lowest BCUT2D eigenvalue weighted by molar-refractivity contribution is 0.149. The molecule has 0 saturated carbocycles. The van der Waals surface area contributed by atoms with Crippen LogP contribution >= 0.6 is 0 Å². The largest absolute Gasteiger partial charge is 0.380 e. The number of hydrogen-bond donors (Lipinski definition) is 1. The molecule has 0 spiro atoms. The van der Waals surface area contributed by atoms with Crippen molar-refractivity contribution < 1.29 is 13.2 Å². The summed E-state index contributed by atoms with van der Waals surface area (Å²) in [5.41, 5.74) is 4.97. The van der Waals surface area contributed by atoms with Gasteiger partial charge in [-0.25, -0.2) is 8.42 Å². The molecule has 0 heterocycles. The second kappa shape index (κ2) is 5.68. The molecule has 2 N–H and O–H groups in total. The predicted molar refractivity (Wildman–Crippen MR) is 58.0 cm³/mol. The van der Waals surface area contributed by atoms with E-state index in [0.29, 0.717) is 6.61 Å². The normalized spacial score (nSPS) is 13.1. The SMILES string of the molecule is CCCOCCS(=O)(=O)CC(C)(C)N. The number of sulfone groups is 1. The van der Waals surface area contributed by atoms with Crippen molar-refractivity contribution in [3.63, 3.8) is 0 Å². The van der Waals surface area contributed by atoms with Crippen molar-refractivity contribution in [2.24, 2.45) is 5.73 Å². The maximum Gasteiger partial charge on any atom is 0.154 e. The van der Waals surface area contributed by atoms with E-state index >= 15 is 0 Å². The fourth-order valence-electron chi connectivity index (χ4n) is 1.07. The Kier molecular flexibility index (Phi) is 5.63. The number of ether oxygens (including phenoxy) is 1. The monoisotopic (exact) mass is 223 g/mol. The first-order chi connectivity index (χ1) is 6.27. The van der Waals surface area contributed by atoms with Crippen molar-refractivity contribution in [3.8, 4) is 0 Å². The molecule has 0 aromatic rings. The Labute approximate surface area is 86.7 Å². The molecule has 0 fully saturated rings. The van der Waals surface area contributed by atoms with Crippen LogP contribution in [-0.4, -0.2) is 38.7 Å². The Balaban J connectivity index is 3.86. The second-order valence-electron chi connectivity index (χ2n) is 4.19. The topological polar surface area (TPSA) is 69.4 Å². The molecule has 0 amide bonds. The van der Waals surface area contributed by atoms with Crippen LogP contribution in [0.3, 0.4) is 0 Å². The fraction of sp³-hybridized carbons (Fsp3) is 1.00. The molecule has 5 heteroatoms. The molecule has 4 nitrogen and oxygen atoms in total. The average molecular weight is 223 g/mol. The van der Waals surface area contributed by atoms with Gasteiger partial charge in [0.05, 0.1) is 18.1 Å². The van der Waals surface area contributed by atoms with Crippen LogP contribution in [-0.2, 0) is 14.6 Å². The maximum atomic E-state index is 11.4. The zero-order valence-corrected chi connectivity index (χ0v) is 10.1. The summed E-state index contributed by atoms with van der Waals surface area (Å²) in [4.78, 5) is 0. The quantitative estimate of drug-likeness (QED) is 0.640. The van der Waals surface area contributed by atoms with Crippen molar-refractivity contribution >= 4 is 9.84 Å². The van der Waals surface area contributed by atoms with E-state index in [4.69, 9.17) is 10.5 Å². The predicted octanol–water partition coefficient (Wildman–Crippen LogP) is 0.565. The molecular formula is C9H21NO3S. The van der Waals surface area contributed by atoms with Crippen LogP contribution in [0.5, 0.6) is 0 Å². The summed E-state index contributed by atoms with van der Waals surface area (Å²) >= 11 is 0. The zero-order chi connectivity index (χ0) is 11.2. The molecule has 0 aromatic carbocycles. The standard InChI is InChI=1S/C9H21NO3S/c1-4-5-13-6-7-14(11,12)8-9(2,3)10/h4-8,10H2,1-3H3. The van der Waals surface area contributed by atoms with Crippen LogP contribution < -0.4 is 5.73 Å².